The topological polar surface area (TPSA) is 41.3 Å². The summed E-state index contributed by atoms with van der Waals surface area (Å²) in [6.45, 7) is 7.59. The third-order valence-corrected chi connectivity index (χ3v) is 3.22. The molecule has 1 aromatic heterocycles. The highest BCUT2D eigenvalue weighted by molar-refractivity contribution is 5.03. The third-order valence-electron chi connectivity index (χ3n) is 3.22. The van der Waals surface area contributed by atoms with Crippen molar-refractivity contribution in [2.75, 3.05) is 13.1 Å². The van der Waals surface area contributed by atoms with Gasteiger partial charge in [-0.25, -0.2) is 4.98 Å². The summed E-state index contributed by atoms with van der Waals surface area (Å²) >= 11 is 0. The smallest absolute Gasteiger partial charge is 0.0948 e. The summed E-state index contributed by atoms with van der Waals surface area (Å²) in [4.78, 5) is 6.39. The molecule has 1 aromatic rings. The van der Waals surface area contributed by atoms with Gasteiger partial charge in [-0.1, -0.05) is 6.92 Å². The first-order chi connectivity index (χ1) is 7.17. The van der Waals surface area contributed by atoms with Crippen LogP contribution in [0.2, 0.25) is 0 Å². The van der Waals surface area contributed by atoms with Crippen LogP contribution < -0.4 is 0 Å². The van der Waals surface area contributed by atoms with Crippen LogP contribution in [0.4, 0.5) is 0 Å². The molecule has 0 radical (unpaired) electrons. The standard InChI is InChI=1S/C11H19N3O/c1-3-11(15)7-13(8-11)6-10-5-12-9-14(10)4-2/h5,9,15H,3-4,6-8H2,1-2H3. The highest BCUT2D eigenvalue weighted by atomic mass is 16.3. The Kier molecular flexibility index (Phi) is 2.80. The lowest BCUT2D eigenvalue weighted by Gasteiger charge is -2.46. The van der Waals surface area contributed by atoms with Gasteiger partial charge in [-0.3, -0.25) is 4.90 Å². The molecular formula is C11H19N3O. The Bertz CT molecular complexity index is 328. The summed E-state index contributed by atoms with van der Waals surface area (Å²) in [6.07, 6.45) is 4.62. The van der Waals surface area contributed by atoms with E-state index in [0.717, 1.165) is 32.6 Å². The van der Waals surface area contributed by atoms with Gasteiger partial charge in [0, 0.05) is 32.4 Å². The summed E-state index contributed by atoms with van der Waals surface area (Å²) in [5.74, 6) is 0. The van der Waals surface area contributed by atoms with Crippen LogP contribution in [0.5, 0.6) is 0 Å². The Labute approximate surface area is 90.5 Å². The number of imidazole rings is 1. The summed E-state index contributed by atoms with van der Waals surface area (Å²) in [7, 11) is 0. The van der Waals surface area contributed by atoms with E-state index in [4.69, 9.17) is 0 Å². The second-order valence-electron chi connectivity index (χ2n) is 4.39. The predicted molar refractivity (Wildman–Crippen MR) is 58.4 cm³/mol. The van der Waals surface area contributed by atoms with Crippen molar-refractivity contribution in [2.24, 2.45) is 0 Å². The van der Waals surface area contributed by atoms with Crippen molar-refractivity contribution in [1.82, 2.24) is 14.5 Å². The minimum absolute atomic E-state index is 0.433. The van der Waals surface area contributed by atoms with Crippen LogP contribution in [-0.2, 0) is 13.1 Å². The molecule has 84 valence electrons. The molecule has 0 unspecified atom stereocenters. The van der Waals surface area contributed by atoms with Gasteiger partial charge in [0.1, 0.15) is 0 Å². The molecule has 0 aromatic carbocycles. The van der Waals surface area contributed by atoms with E-state index in [1.54, 1.807) is 0 Å². The Morgan fingerprint density at radius 2 is 2.20 bits per heavy atom. The van der Waals surface area contributed by atoms with E-state index < -0.39 is 5.60 Å². The van der Waals surface area contributed by atoms with Gasteiger partial charge < -0.3 is 9.67 Å². The molecule has 0 atom stereocenters. The molecule has 1 saturated heterocycles. The Hall–Kier alpha value is -0.870. The number of rotatable bonds is 4. The van der Waals surface area contributed by atoms with Crippen molar-refractivity contribution in [2.45, 2.75) is 39.0 Å². The average molecular weight is 209 g/mol. The molecule has 0 spiro atoms. The van der Waals surface area contributed by atoms with Crippen LogP contribution in [0.1, 0.15) is 26.0 Å². The molecule has 0 saturated carbocycles. The van der Waals surface area contributed by atoms with Crippen LogP contribution in [0.15, 0.2) is 12.5 Å². The van der Waals surface area contributed by atoms with Crippen molar-refractivity contribution >= 4 is 0 Å². The van der Waals surface area contributed by atoms with E-state index in [9.17, 15) is 5.11 Å². The second kappa shape index (κ2) is 3.94. The molecule has 0 amide bonds. The number of likely N-dealkylation sites (tertiary alicyclic amines) is 1. The SMILES string of the molecule is CCn1cncc1CN1CC(O)(CC)C1. The molecule has 4 heteroatoms. The van der Waals surface area contributed by atoms with Gasteiger partial charge in [-0.15, -0.1) is 0 Å². The monoisotopic (exact) mass is 209 g/mol. The van der Waals surface area contributed by atoms with Gasteiger partial charge in [0.25, 0.3) is 0 Å². The molecule has 15 heavy (non-hydrogen) atoms. The predicted octanol–water partition coefficient (Wildman–Crippen LogP) is 0.860. The molecule has 0 bridgehead atoms. The largest absolute Gasteiger partial charge is 0.387 e. The number of nitrogens with zero attached hydrogens (tertiary/aromatic N) is 3. The third kappa shape index (κ3) is 2.06. The minimum atomic E-state index is -0.433. The Morgan fingerprint density at radius 3 is 2.80 bits per heavy atom. The van der Waals surface area contributed by atoms with Gasteiger partial charge in [-0.05, 0) is 13.3 Å². The van der Waals surface area contributed by atoms with Gasteiger partial charge in [0.15, 0.2) is 0 Å². The number of aliphatic hydroxyl groups is 1. The number of β-amino-alcohol motifs (C(OH)–C–C–N with tert-alkyl or cyclic N) is 1. The van der Waals surface area contributed by atoms with Crippen molar-refractivity contribution in [3.8, 4) is 0 Å². The van der Waals surface area contributed by atoms with E-state index in [0.29, 0.717) is 0 Å². The van der Waals surface area contributed by atoms with Crippen LogP contribution in [-0.4, -0.2) is 38.2 Å². The van der Waals surface area contributed by atoms with Crippen LogP contribution in [0.25, 0.3) is 0 Å². The summed E-state index contributed by atoms with van der Waals surface area (Å²) in [5.41, 5.74) is 0.799. The lowest BCUT2D eigenvalue weighted by molar-refractivity contribution is -0.104. The average Bonchev–Trinajstić information content (AvgIpc) is 2.62. The first-order valence-electron chi connectivity index (χ1n) is 5.60. The minimum Gasteiger partial charge on any atom is -0.387 e. The fraction of sp³-hybridized carbons (Fsp3) is 0.727. The van der Waals surface area contributed by atoms with Crippen molar-refractivity contribution < 1.29 is 5.11 Å². The van der Waals surface area contributed by atoms with Gasteiger partial charge in [-0.2, -0.15) is 0 Å². The number of aryl methyl sites for hydroxylation is 1. The lowest BCUT2D eigenvalue weighted by atomic mass is 9.91. The van der Waals surface area contributed by atoms with Crippen molar-refractivity contribution in [3.05, 3.63) is 18.2 Å². The Balaban J connectivity index is 1.90. The van der Waals surface area contributed by atoms with Gasteiger partial charge >= 0.3 is 0 Å². The summed E-state index contributed by atoms with van der Waals surface area (Å²) in [5, 5.41) is 9.88. The second-order valence-corrected chi connectivity index (χ2v) is 4.39. The summed E-state index contributed by atoms with van der Waals surface area (Å²) in [6, 6.07) is 0. The normalized spacial score (nSPS) is 20.2. The zero-order valence-corrected chi connectivity index (χ0v) is 9.48. The number of hydrogen-bond donors (Lipinski definition) is 1. The zero-order valence-electron chi connectivity index (χ0n) is 9.48. The van der Waals surface area contributed by atoms with E-state index in [-0.39, 0.29) is 0 Å². The maximum Gasteiger partial charge on any atom is 0.0948 e. The fourth-order valence-electron chi connectivity index (χ4n) is 2.12. The van der Waals surface area contributed by atoms with Crippen LogP contribution in [0.3, 0.4) is 0 Å². The first kappa shape index (κ1) is 10.6. The molecule has 0 aliphatic carbocycles. The Morgan fingerprint density at radius 1 is 1.47 bits per heavy atom. The highest BCUT2D eigenvalue weighted by Crippen LogP contribution is 2.25. The molecule has 1 fully saturated rings. The van der Waals surface area contributed by atoms with E-state index >= 15 is 0 Å². The quantitative estimate of drug-likeness (QED) is 0.799. The molecule has 1 N–H and O–H groups in total. The first-order valence-corrected chi connectivity index (χ1v) is 5.60. The zero-order chi connectivity index (χ0) is 10.9. The fourth-order valence-corrected chi connectivity index (χ4v) is 2.12. The van der Waals surface area contributed by atoms with E-state index in [2.05, 4.69) is 21.4 Å². The van der Waals surface area contributed by atoms with Gasteiger partial charge in [0.2, 0.25) is 0 Å². The molecular weight excluding hydrogens is 190 g/mol. The van der Waals surface area contributed by atoms with Crippen LogP contribution in [0, 0.1) is 0 Å². The molecule has 1 aliphatic heterocycles. The maximum absolute atomic E-state index is 9.88. The van der Waals surface area contributed by atoms with Crippen molar-refractivity contribution in [3.63, 3.8) is 0 Å². The number of hydrogen-bond acceptors (Lipinski definition) is 3. The molecule has 2 rings (SSSR count). The number of aromatic nitrogens is 2. The molecule has 4 nitrogen and oxygen atoms in total. The molecule has 1 aliphatic rings. The van der Waals surface area contributed by atoms with Gasteiger partial charge in [0.05, 0.1) is 17.6 Å². The van der Waals surface area contributed by atoms with Crippen molar-refractivity contribution in [1.29, 1.82) is 0 Å². The highest BCUT2D eigenvalue weighted by Gasteiger charge is 2.39. The van der Waals surface area contributed by atoms with E-state index in [1.807, 2.05) is 19.4 Å². The summed E-state index contributed by atoms with van der Waals surface area (Å²) < 4.78 is 2.14. The van der Waals surface area contributed by atoms with E-state index in [1.165, 1.54) is 5.69 Å². The maximum atomic E-state index is 9.88. The van der Waals surface area contributed by atoms with Crippen LogP contribution >= 0.6 is 0 Å². The lowest BCUT2D eigenvalue weighted by Crippen LogP contribution is -2.60. The molecule has 2 heterocycles.